The lowest BCUT2D eigenvalue weighted by atomic mass is 10.1. The van der Waals surface area contributed by atoms with Gasteiger partial charge in [-0.25, -0.2) is 0 Å². The molecule has 2 aromatic heterocycles. The van der Waals surface area contributed by atoms with Gasteiger partial charge >= 0.3 is 0 Å². The largest absolute Gasteiger partial charge is 0.495 e. The normalized spacial score (nSPS) is 11.6. The van der Waals surface area contributed by atoms with E-state index in [0.29, 0.717) is 44.2 Å². The highest BCUT2D eigenvalue weighted by Crippen LogP contribution is 2.45. The van der Waals surface area contributed by atoms with Gasteiger partial charge in [0.25, 0.3) is 0 Å². The van der Waals surface area contributed by atoms with E-state index in [1.54, 1.807) is 36.9 Å². The molecule has 0 atom stereocenters. The fraction of sp³-hybridized carbons (Fsp3) is 0.231. The summed E-state index contributed by atoms with van der Waals surface area (Å²) in [5.41, 5.74) is 1.04. The van der Waals surface area contributed by atoms with Gasteiger partial charge in [0.05, 0.1) is 25.0 Å². The predicted molar refractivity (Wildman–Crippen MR) is 135 cm³/mol. The Kier molecular flexibility index (Phi) is 5.14. The number of fused-ring (bicyclic) bond motifs is 2. The van der Waals surface area contributed by atoms with E-state index in [2.05, 4.69) is 26.0 Å². The molecule has 6 heteroatoms. The SMILES string of the molecule is CCc1ccc(-c2cc3c(OC)c4c(=O)c(-c5ccc(CC)s5)cc4c(OC)c3c2=O)s1. The van der Waals surface area contributed by atoms with Crippen molar-refractivity contribution in [3.8, 4) is 32.4 Å². The van der Waals surface area contributed by atoms with Crippen molar-refractivity contribution in [1.29, 1.82) is 0 Å². The zero-order valence-corrected chi connectivity index (χ0v) is 20.0. The summed E-state index contributed by atoms with van der Waals surface area (Å²) in [6, 6.07) is 11.8. The maximum atomic E-state index is 13.5. The maximum absolute atomic E-state index is 13.5. The van der Waals surface area contributed by atoms with Crippen LogP contribution in [0, 0.1) is 0 Å². The Morgan fingerprint density at radius 3 is 1.41 bits per heavy atom. The van der Waals surface area contributed by atoms with E-state index in [-0.39, 0.29) is 10.9 Å². The molecule has 5 rings (SSSR count). The Morgan fingerprint density at radius 2 is 1.09 bits per heavy atom. The van der Waals surface area contributed by atoms with Crippen LogP contribution in [0.1, 0.15) is 23.6 Å². The molecule has 0 bridgehead atoms. The number of ether oxygens (including phenoxy) is 2. The minimum Gasteiger partial charge on any atom is -0.495 e. The molecule has 0 amide bonds. The molecule has 4 nitrogen and oxygen atoms in total. The molecule has 0 aliphatic carbocycles. The first kappa shape index (κ1) is 20.9. The molecule has 0 N–H and O–H groups in total. The van der Waals surface area contributed by atoms with Crippen molar-refractivity contribution in [3.05, 3.63) is 66.6 Å². The Hall–Kier alpha value is -2.96. The third kappa shape index (κ3) is 2.93. The fourth-order valence-corrected chi connectivity index (χ4v) is 6.29. The van der Waals surface area contributed by atoms with E-state index in [1.165, 1.54) is 9.75 Å². The van der Waals surface area contributed by atoms with Gasteiger partial charge in [0.1, 0.15) is 11.5 Å². The van der Waals surface area contributed by atoms with Crippen molar-refractivity contribution in [2.24, 2.45) is 0 Å². The lowest BCUT2D eigenvalue weighted by Crippen LogP contribution is -2.03. The lowest BCUT2D eigenvalue weighted by Gasteiger charge is -2.09. The summed E-state index contributed by atoms with van der Waals surface area (Å²) >= 11 is 3.23. The van der Waals surface area contributed by atoms with Gasteiger partial charge in [0.2, 0.25) is 0 Å². The molecule has 0 spiro atoms. The van der Waals surface area contributed by atoms with Crippen LogP contribution in [-0.4, -0.2) is 14.2 Å². The molecule has 0 fully saturated rings. The average molecular weight is 463 g/mol. The van der Waals surface area contributed by atoms with Crippen LogP contribution in [0.25, 0.3) is 42.4 Å². The predicted octanol–water partition coefficient (Wildman–Crippen LogP) is 6.19. The van der Waals surface area contributed by atoms with Crippen LogP contribution in [-0.2, 0) is 12.8 Å². The standard InChI is InChI=1S/C26H22O4S2/c1-5-13-7-9-19(31-13)15-11-17-21(23(15)27)26(30-4)18-12-16(20-10-8-14(6-2)32-20)24(28)22(18)25(17)29-3/h7-12H,5-6H2,1-4H3. The summed E-state index contributed by atoms with van der Waals surface area (Å²) < 4.78 is 11.5. The third-order valence-corrected chi connectivity index (χ3v) is 8.49. The highest BCUT2D eigenvalue weighted by Gasteiger charge is 2.26. The van der Waals surface area contributed by atoms with Crippen LogP contribution in [0.3, 0.4) is 0 Å². The van der Waals surface area contributed by atoms with Crippen molar-refractivity contribution in [2.75, 3.05) is 14.2 Å². The molecule has 32 heavy (non-hydrogen) atoms. The first-order valence-electron chi connectivity index (χ1n) is 10.5. The lowest BCUT2D eigenvalue weighted by molar-refractivity contribution is 0.418. The Balaban J connectivity index is 1.86. The molecule has 0 radical (unpaired) electrons. The molecule has 5 aromatic rings. The Bertz CT molecular complexity index is 1440. The van der Waals surface area contributed by atoms with Crippen LogP contribution >= 0.6 is 22.7 Å². The highest BCUT2D eigenvalue weighted by atomic mass is 32.1. The Morgan fingerprint density at radius 1 is 0.688 bits per heavy atom. The molecular formula is C26H22O4S2. The summed E-state index contributed by atoms with van der Waals surface area (Å²) in [7, 11) is 3.09. The van der Waals surface area contributed by atoms with E-state index in [0.717, 1.165) is 22.6 Å². The molecule has 0 unspecified atom stereocenters. The zero-order valence-electron chi connectivity index (χ0n) is 18.3. The first-order valence-corrected chi connectivity index (χ1v) is 12.2. The van der Waals surface area contributed by atoms with E-state index in [1.807, 2.05) is 24.3 Å². The van der Waals surface area contributed by atoms with Gasteiger partial charge in [-0.3, -0.25) is 9.59 Å². The van der Waals surface area contributed by atoms with Crippen molar-refractivity contribution in [3.63, 3.8) is 0 Å². The first-order chi connectivity index (χ1) is 15.5. The third-order valence-electron chi connectivity index (χ3n) is 5.96. The number of benzene rings is 1. The van der Waals surface area contributed by atoms with E-state index in [9.17, 15) is 9.59 Å². The maximum Gasteiger partial charge on any atom is 0.198 e. The van der Waals surface area contributed by atoms with Gasteiger partial charge in [-0.15, -0.1) is 22.7 Å². The summed E-state index contributed by atoms with van der Waals surface area (Å²) in [6.07, 6.45) is 1.84. The van der Waals surface area contributed by atoms with Gasteiger partial charge < -0.3 is 9.47 Å². The van der Waals surface area contributed by atoms with E-state index >= 15 is 0 Å². The number of thiophene rings is 2. The van der Waals surface area contributed by atoms with Crippen LogP contribution < -0.4 is 20.3 Å². The summed E-state index contributed by atoms with van der Waals surface area (Å²) in [6.45, 7) is 4.19. The second-order valence-electron chi connectivity index (χ2n) is 7.66. The molecule has 0 saturated heterocycles. The molecule has 0 saturated carbocycles. The second kappa shape index (κ2) is 7.87. The van der Waals surface area contributed by atoms with Gasteiger partial charge in [-0.2, -0.15) is 0 Å². The average Bonchev–Trinajstić information content (AvgIpc) is 3.58. The topological polar surface area (TPSA) is 52.6 Å². The van der Waals surface area contributed by atoms with Crippen molar-refractivity contribution >= 4 is 44.2 Å². The van der Waals surface area contributed by atoms with Gasteiger partial charge in [0, 0.05) is 41.4 Å². The summed E-state index contributed by atoms with van der Waals surface area (Å²) in [4.78, 5) is 31.3. The monoisotopic (exact) mass is 462 g/mol. The number of aryl methyl sites for hydroxylation is 2. The van der Waals surface area contributed by atoms with Crippen LogP contribution in [0.4, 0.5) is 0 Å². The molecule has 2 heterocycles. The van der Waals surface area contributed by atoms with Crippen molar-refractivity contribution in [2.45, 2.75) is 26.7 Å². The van der Waals surface area contributed by atoms with Crippen LogP contribution in [0.5, 0.6) is 11.5 Å². The molecule has 0 aliphatic heterocycles. The minimum atomic E-state index is -0.0962. The number of methoxy groups -OCH3 is 2. The minimum absolute atomic E-state index is 0.0962. The summed E-state index contributed by atoms with van der Waals surface area (Å²) in [5, 5.41) is 2.18. The van der Waals surface area contributed by atoms with Gasteiger partial charge in [0.15, 0.2) is 10.9 Å². The van der Waals surface area contributed by atoms with Gasteiger partial charge in [-0.1, -0.05) is 13.8 Å². The smallest absolute Gasteiger partial charge is 0.198 e. The van der Waals surface area contributed by atoms with E-state index < -0.39 is 0 Å². The molecule has 0 aliphatic rings. The van der Waals surface area contributed by atoms with Crippen molar-refractivity contribution < 1.29 is 9.47 Å². The molecular weight excluding hydrogens is 440 g/mol. The van der Waals surface area contributed by atoms with Crippen molar-refractivity contribution in [1.82, 2.24) is 0 Å². The molecule has 162 valence electrons. The summed E-state index contributed by atoms with van der Waals surface area (Å²) in [5.74, 6) is 0.880. The quantitative estimate of drug-likeness (QED) is 0.302. The number of rotatable bonds is 6. The Labute approximate surface area is 193 Å². The van der Waals surface area contributed by atoms with Gasteiger partial charge in [-0.05, 0) is 49.2 Å². The van der Waals surface area contributed by atoms with Crippen LogP contribution in [0.2, 0.25) is 0 Å². The highest BCUT2D eigenvalue weighted by molar-refractivity contribution is 7.15. The number of hydrogen-bond acceptors (Lipinski definition) is 6. The van der Waals surface area contributed by atoms with E-state index in [4.69, 9.17) is 9.47 Å². The fourth-order valence-electron chi connectivity index (χ4n) is 4.37. The molecule has 3 aromatic carbocycles. The van der Waals surface area contributed by atoms with Crippen LogP contribution in [0.15, 0.2) is 46.0 Å². The zero-order chi connectivity index (χ0) is 22.6. The number of hydrogen-bond donors (Lipinski definition) is 0. The second-order valence-corrected chi connectivity index (χ2v) is 9.99.